The Labute approximate surface area is 230 Å². The van der Waals surface area contributed by atoms with Gasteiger partial charge in [-0.1, -0.05) is 20.8 Å². The molecule has 2 spiro atoms. The van der Waals surface area contributed by atoms with E-state index in [4.69, 9.17) is 23.7 Å². The number of aliphatic hydroxyl groups excluding tert-OH is 1. The Morgan fingerprint density at radius 1 is 1.00 bits per heavy atom. The Hall–Kier alpha value is -2.67. The van der Waals surface area contributed by atoms with Gasteiger partial charge in [-0.25, -0.2) is 9.59 Å². The van der Waals surface area contributed by atoms with E-state index in [1.165, 1.54) is 6.92 Å². The smallest absolute Gasteiger partial charge is 0.343 e. The molecule has 2 N–H and O–H groups in total. The van der Waals surface area contributed by atoms with Crippen molar-refractivity contribution in [2.45, 2.75) is 103 Å². The lowest BCUT2D eigenvalue weighted by Gasteiger charge is -2.48. The summed E-state index contributed by atoms with van der Waals surface area (Å²) in [6.07, 6.45) is -6.42. The molecule has 4 unspecified atom stereocenters. The van der Waals surface area contributed by atoms with Crippen LogP contribution in [0.5, 0.6) is 0 Å². The minimum Gasteiger partial charge on any atom is -0.459 e. The van der Waals surface area contributed by atoms with Crippen LogP contribution in [0.15, 0.2) is 0 Å². The highest BCUT2D eigenvalue weighted by Gasteiger charge is 3.04. The molecule has 4 aliphatic heterocycles. The van der Waals surface area contributed by atoms with Gasteiger partial charge >= 0.3 is 17.9 Å². The molecule has 6 aliphatic rings. The Balaban J connectivity index is 1.44. The minimum atomic E-state index is -2.26. The molecule has 6 fully saturated rings. The van der Waals surface area contributed by atoms with Gasteiger partial charge in [0.05, 0.1) is 46.1 Å². The van der Waals surface area contributed by atoms with Gasteiger partial charge in [0.2, 0.25) is 11.9 Å². The molecule has 40 heavy (non-hydrogen) atoms. The first-order valence-electron chi connectivity index (χ1n) is 13.7. The van der Waals surface area contributed by atoms with Crippen molar-refractivity contribution in [1.29, 1.82) is 0 Å². The van der Waals surface area contributed by atoms with E-state index in [2.05, 4.69) is 9.97 Å². The third-order valence-corrected chi connectivity index (χ3v) is 10.9. The summed E-state index contributed by atoms with van der Waals surface area (Å²) >= 11 is 0. The van der Waals surface area contributed by atoms with Crippen LogP contribution in [0, 0.1) is 48.9 Å². The highest BCUT2D eigenvalue weighted by Crippen LogP contribution is 2.84. The first-order chi connectivity index (χ1) is 18.6. The first kappa shape index (κ1) is 26.2. The fourth-order valence-electron chi connectivity index (χ4n) is 9.36. The third kappa shape index (κ3) is 2.38. The van der Waals surface area contributed by atoms with Crippen molar-refractivity contribution in [3.63, 3.8) is 0 Å². The van der Waals surface area contributed by atoms with Gasteiger partial charge in [0.25, 0.3) is 0 Å². The first-order valence-corrected chi connectivity index (χ1v) is 13.7. The molecule has 11 atom stereocenters. The molecule has 0 bridgehead atoms. The molecule has 2 saturated carbocycles. The van der Waals surface area contributed by atoms with Crippen molar-refractivity contribution >= 4 is 17.9 Å². The zero-order valence-electron chi connectivity index (χ0n) is 23.5. The maximum atomic E-state index is 13.9. The number of aryl methyl sites for hydroxylation is 3. The Morgan fingerprint density at radius 2 is 1.68 bits per heavy atom. The molecular weight excluding hydrogens is 524 g/mol. The highest BCUT2D eigenvalue weighted by molar-refractivity contribution is 5.94. The van der Waals surface area contributed by atoms with Crippen molar-refractivity contribution in [3.8, 4) is 0 Å². The summed E-state index contributed by atoms with van der Waals surface area (Å²) in [5.41, 5.74) is -5.49. The average molecular weight is 559 g/mol. The number of hydrogen-bond acceptors (Lipinski definition) is 12. The zero-order valence-corrected chi connectivity index (χ0v) is 23.5. The number of aromatic nitrogens is 2. The van der Waals surface area contributed by atoms with Crippen molar-refractivity contribution in [2.24, 2.45) is 28.1 Å². The number of nitrogens with zero attached hydrogens (tertiary/aromatic N) is 2. The van der Waals surface area contributed by atoms with Gasteiger partial charge in [0, 0.05) is 0 Å². The van der Waals surface area contributed by atoms with Crippen LogP contribution in [0.2, 0.25) is 0 Å². The van der Waals surface area contributed by atoms with E-state index < -0.39 is 87.9 Å². The number of carbonyl (C=O) groups excluding carboxylic acids is 3. The number of aliphatic hydroxyl groups is 2. The number of hydrogen-bond donors (Lipinski definition) is 2. The molecule has 12 heteroatoms. The van der Waals surface area contributed by atoms with Crippen LogP contribution in [0.4, 0.5) is 0 Å². The number of rotatable bonds is 3. The largest absolute Gasteiger partial charge is 0.459 e. The lowest BCUT2D eigenvalue weighted by Crippen LogP contribution is -2.67. The topological polar surface area (TPSA) is 164 Å². The Bertz CT molecular complexity index is 1390. The van der Waals surface area contributed by atoms with E-state index in [0.717, 1.165) is 11.4 Å². The quantitative estimate of drug-likeness (QED) is 0.392. The van der Waals surface area contributed by atoms with Gasteiger partial charge < -0.3 is 33.9 Å². The average Bonchev–Trinajstić information content (AvgIpc) is 3.58. The summed E-state index contributed by atoms with van der Waals surface area (Å²) in [5.74, 6) is -4.03. The second-order valence-electron chi connectivity index (χ2n) is 13.4. The molecule has 216 valence electrons. The molecule has 12 nitrogen and oxygen atoms in total. The fraction of sp³-hybridized carbons (Fsp3) is 0.750. The van der Waals surface area contributed by atoms with Crippen LogP contribution in [0.25, 0.3) is 0 Å². The van der Waals surface area contributed by atoms with E-state index in [9.17, 15) is 24.6 Å². The van der Waals surface area contributed by atoms with Crippen molar-refractivity contribution in [2.75, 3.05) is 0 Å². The summed E-state index contributed by atoms with van der Waals surface area (Å²) in [6, 6.07) is 0. The number of ether oxygens (including phenoxy) is 5. The Kier molecular flexibility index (Phi) is 4.85. The van der Waals surface area contributed by atoms with Gasteiger partial charge in [-0.15, -0.1) is 0 Å². The molecule has 7 rings (SSSR count). The van der Waals surface area contributed by atoms with Crippen molar-refractivity contribution in [1.82, 2.24) is 9.97 Å². The van der Waals surface area contributed by atoms with Crippen LogP contribution in [-0.4, -0.2) is 80.0 Å². The molecule has 4 saturated heterocycles. The molecule has 1 aromatic rings. The summed E-state index contributed by atoms with van der Waals surface area (Å²) in [7, 11) is 0. The minimum absolute atomic E-state index is 0.0945. The molecule has 2 aliphatic carbocycles. The van der Waals surface area contributed by atoms with Crippen LogP contribution < -0.4 is 0 Å². The standard InChI is InChI=1S/C28H34N2O10/c1-10-20(32)38-18-17(31)26-16-8-15(24(5,6)7)25(26)19(36-9-14-13(4)29-11(2)12(3)30-14)21(33)39-23(25)40-28(26,22(34)37-16)27(10,18)35/h10,15-19,23,31,35H,8-9H2,1-7H3/t10-,15+,16?,17+,18?,19+,23+,25?,26?,27-,28-/m1/s1. The van der Waals surface area contributed by atoms with Gasteiger partial charge in [-0.3, -0.25) is 14.8 Å². The maximum Gasteiger partial charge on any atom is 0.343 e. The molecule has 1 aromatic heterocycles. The molecule has 0 aromatic carbocycles. The van der Waals surface area contributed by atoms with Crippen LogP contribution in [-0.2, 0) is 44.7 Å². The predicted molar refractivity (Wildman–Crippen MR) is 131 cm³/mol. The van der Waals surface area contributed by atoms with Crippen LogP contribution in [0.1, 0.15) is 56.9 Å². The van der Waals surface area contributed by atoms with Crippen molar-refractivity contribution < 1.29 is 48.3 Å². The van der Waals surface area contributed by atoms with E-state index in [1.54, 1.807) is 6.92 Å². The maximum absolute atomic E-state index is 13.9. The molecule has 5 heterocycles. The van der Waals surface area contributed by atoms with Crippen molar-refractivity contribution in [3.05, 3.63) is 22.8 Å². The van der Waals surface area contributed by atoms with Gasteiger partial charge in [0.1, 0.15) is 12.2 Å². The lowest BCUT2D eigenvalue weighted by atomic mass is 9.51. The summed E-state index contributed by atoms with van der Waals surface area (Å²) < 4.78 is 30.1. The molecule has 0 radical (unpaired) electrons. The normalized spacial score (nSPS) is 48.0. The van der Waals surface area contributed by atoms with Gasteiger partial charge in [0.15, 0.2) is 17.8 Å². The second kappa shape index (κ2) is 7.39. The van der Waals surface area contributed by atoms with E-state index in [0.29, 0.717) is 11.4 Å². The van der Waals surface area contributed by atoms with Gasteiger partial charge in [-0.05, 0) is 45.4 Å². The number of fused-ring (bicyclic) bond motifs is 1. The number of esters is 3. The monoisotopic (exact) mass is 558 g/mol. The predicted octanol–water partition coefficient (Wildman–Crippen LogP) is 0.570. The summed E-state index contributed by atoms with van der Waals surface area (Å²) in [4.78, 5) is 49.4. The fourth-order valence-corrected chi connectivity index (χ4v) is 9.36. The number of carbonyl (C=O) groups is 3. The highest BCUT2D eigenvalue weighted by atomic mass is 16.8. The summed E-state index contributed by atoms with van der Waals surface area (Å²) in [5, 5.41) is 24.4. The SMILES string of the molecule is Cc1nc(C)c(CO[C@H]2C(=O)O[C@H]3O[C@]45C(=O)OC6C[C@@H](C(C)(C)C)C32C64[C@@H](O)C2OC(=O)[C@@H](C)[C@@]25O)nc1C. The van der Waals surface area contributed by atoms with E-state index in [-0.39, 0.29) is 13.0 Å². The Morgan fingerprint density at radius 3 is 2.35 bits per heavy atom. The van der Waals surface area contributed by atoms with E-state index in [1.807, 2.05) is 34.6 Å². The van der Waals surface area contributed by atoms with Gasteiger partial charge in [-0.2, -0.15) is 0 Å². The lowest BCUT2D eigenvalue weighted by molar-refractivity contribution is -0.240. The molecule has 0 amide bonds. The van der Waals surface area contributed by atoms with Crippen LogP contribution >= 0.6 is 0 Å². The third-order valence-electron chi connectivity index (χ3n) is 10.9. The van der Waals surface area contributed by atoms with E-state index >= 15 is 0 Å². The summed E-state index contributed by atoms with van der Waals surface area (Å²) in [6.45, 7) is 12.8. The molecular formula is C28H34N2O10. The van der Waals surface area contributed by atoms with Crippen LogP contribution in [0.3, 0.4) is 0 Å². The second-order valence-corrected chi connectivity index (χ2v) is 13.4. The zero-order chi connectivity index (χ0) is 28.9.